The van der Waals surface area contributed by atoms with Gasteiger partial charge < -0.3 is 5.32 Å². The molecule has 1 nitrogen and oxygen atoms in total. The standard InChI is InChI=1S/C20H26NSi/c1-2-3-4-5-6-11-16-22-19-14-9-7-12-17(19)21-18-13-8-10-15-20(18)22/h7-10,12-15,21H,2-6,11,16H2,1H3. The van der Waals surface area contributed by atoms with Gasteiger partial charge >= 0.3 is 0 Å². The van der Waals surface area contributed by atoms with E-state index in [2.05, 4.69) is 60.8 Å². The van der Waals surface area contributed by atoms with E-state index in [9.17, 15) is 0 Å². The van der Waals surface area contributed by atoms with E-state index in [1.54, 1.807) is 10.4 Å². The zero-order chi connectivity index (χ0) is 15.2. The summed E-state index contributed by atoms with van der Waals surface area (Å²) in [6.07, 6.45) is 8.32. The van der Waals surface area contributed by atoms with Crippen LogP contribution in [0.4, 0.5) is 11.4 Å². The summed E-state index contributed by atoms with van der Waals surface area (Å²) in [6, 6.07) is 19.2. The maximum atomic E-state index is 3.61. The van der Waals surface area contributed by atoms with Gasteiger partial charge in [-0.25, -0.2) is 0 Å². The molecule has 3 rings (SSSR count). The van der Waals surface area contributed by atoms with Crippen molar-refractivity contribution in [3.8, 4) is 0 Å². The first-order valence-electron chi connectivity index (χ1n) is 8.72. The second kappa shape index (κ2) is 7.64. The quantitative estimate of drug-likeness (QED) is 0.577. The minimum absolute atomic E-state index is 0.617. The Kier molecular flexibility index (Phi) is 5.33. The van der Waals surface area contributed by atoms with Gasteiger partial charge in [-0.1, -0.05) is 87.9 Å². The predicted molar refractivity (Wildman–Crippen MR) is 99.4 cm³/mol. The third-order valence-corrected chi connectivity index (χ3v) is 7.58. The van der Waals surface area contributed by atoms with E-state index in [1.807, 2.05) is 0 Å². The summed E-state index contributed by atoms with van der Waals surface area (Å²) in [6.45, 7) is 2.29. The van der Waals surface area contributed by atoms with E-state index in [-0.39, 0.29) is 0 Å². The van der Waals surface area contributed by atoms with Gasteiger partial charge in [0, 0.05) is 11.4 Å². The Morgan fingerprint density at radius 2 is 1.27 bits per heavy atom. The Morgan fingerprint density at radius 3 is 1.91 bits per heavy atom. The largest absolute Gasteiger partial charge is 0.356 e. The highest BCUT2D eigenvalue weighted by Crippen LogP contribution is 2.22. The molecule has 22 heavy (non-hydrogen) atoms. The van der Waals surface area contributed by atoms with Crippen molar-refractivity contribution >= 4 is 30.5 Å². The van der Waals surface area contributed by atoms with Crippen LogP contribution in [0, 0.1) is 0 Å². The summed E-state index contributed by atoms with van der Waals surface area (Å²) in [5, 5.41) is 6.75. The van der Waals surface area contributed by atoms with Crippen LogP contribution in [0.5, 0.6) is 0 Å². The lowest BCUT2D eigenvalue weighted by molar-refractivity contribution is 0.624. The topological polar surface area (TPSA) is 12.0 Å². The Balaban J connectivity index is 1.70. The van der Waals surface area contributed by atoms with Gasteiger partial charge in [-0.2, -0.15) is 0 Å². The van der Waals surface area contributed by atoms with E-state index < -0.39 is 8.80 Å². The SMILES string of the molecule is CCCCCCCC[Si]1c2ccccc2Nc2ccccc21. The first-order valence-corrected chi connectivity index (χ1v) is 10.4. The van der Waals surface area contributed by atoms with Crippen LogP contribution in [0.25, 0.3) is 0 Å². The summed E-state index contributed by atoms with van der Waals surface area (Å²) in [5.74, 6) is 0. The Bertz CT molecular complexity index is 563. The number of anilines is 2. The van der Waals surface area contributed by atoms with Crippen LogP contribution in [0.3, 0.4) is 0 Å². The molecule has 1 radical (unpaired) electrons. The van der Waals surface area contributed by atoms with E-state index in [1.165, 1.54) is 55.9 Å². The van der Waals surface area contributed by atoms with Gasteiger partial charge in [0.05, 0.1) is 0 Å². The van der Waals surface area contributed by atoms with E-state index >= 15 is 0 Å². The van der Waals surface area contributed by atoms with Crippen molar-refractivity contribution in [3.63, 3.8) is 0 Å². The molecular weight excluding hydrogens is 282 g/mol. The molecule has 0 unspecified atom stereocenters. The van der Waals surface area contributed by atoms with E-state index in [0.29, 0.717) is 0 Å². The maximum absolute atomic E-state index is 3.61. The van der Waals surface area contributed by atoms with Crippen LogP contribution in [0.15, 0.2) is 48.5 Å². The van der Waals surface area contributed by atoms with Crippen molar-refractivity contribution in [2.45, 2.75) is 51.5 Å². The van der Waals surface area contributed by atoms with Crippen LogP contribution in [-0.4, -0.2) is 8.80 Å². The lowest BCUT2D eigenvalue weighted by Crippen LogP contribution is -2.47. The molecule has 0 atom stereocenters. The molecule has 1 aliphatic rings. The third kappa shape index (κ3) is 3.44. The number of fused-ring (bicyclic) bond motifs is 2. The molecule has 0 aliphatic carbocycles. The van der Waals surface area contributed by atoms with Gasteiger partial charge in [-0.3, -0.25) is 0 Å². The minimum Gasteiger partial charge on any atom is -0.356 e. The molecule has 2 aromatic carbocycles. The highest BCUT2D eigenvalue weighted by Gasteiger charge is 2.26. The average Bonchev–Trinajstić information content (AvgIpc) is 2.57. The summed E-state index contributed by atoms with van der Waals surface area (Å²) >= 11 is 0. The van der Waals surface area contributed by atoms with Gasteiger partial charge in [-0.05, 0) is 22.5 Å². The molecule has 1 aliphatic heterocycles. The lowest BCUT2D eigenvalue weighted by Gasteiger charge is -2.28. The molecular formula is C20H26NSi. The van der Waals surface area contributed by atoms with Crippen molar-refractivity contribution in [3.05, 3.63) is 48.5 Å². The van der Waals surface area contributed by atoms with Gasteiger partial charge in [0.1, 0.15) is 8.80 Å². The van der Waals surface area contributed by atoms with Crippen LogP contribution in [0.2, 0.25) is 6.04 Å². The van der Waals surface area contributed by atoms with Crippen LogP contribution in [0.1, 0.15) is 45.4 Å². The second-order valence-corrected chi connectivity index (χ2v) is 8.75. The molecule has 1 heterocycles. The molecule has 1 N–H and O–H groups in total. The summed E-state index contributed by atoms with van der Waals surface area (Å²) in [4.78, 5) is 0. The number of para-hydroxylation sites is 2. The molecule has 115 valence electrons. The number of hydrogen-bond donors (Lipinski definition) is 1. The zero-order valence-corrected chi connectivity index (χ0v) is 14.6. The van der Waals surface area contributed by atoms with Crippen molar-refractivity contribution in [1.29, 1.82) is 0 Å². The summed E-state index contributed by atoms with van der Waals surface area (Å²) in [7, 11) is -0.617. The Labute approximate surface area is 136 Å². The highest BCUT2D eigenvalue weighted by molar-refractivity contribution is 6.88. The van der Waals surface area contributed by atoms with E-state index in [4.69, 9.17) is 0 Å². The second-order valence-electron chi connectivity index (χ2n) is 6.21. The van der Waals surface area contributed by atoms with Gasteiger partial charge in [0.2, 0.25) is 0 Å². The fourth-order valence-electron chi connectivity index (χ4n) is 3.35. The van der Waals surface area contributed by atoms with Crippen LogP contribution >= 0.6 is 0 Å². The molecule has 0 bridgehead atoms. The molecule has 0 spiro atoms. The normalized spacial score (nSPS) is 13.3. The number of rotatable bonds is 7. The molecule has 0 saturated heterocycles. The van der Waals surface area contributed by atoms with Crippen molar-refractivity contribution in [2.24, 2.45) is 0 Å². The number of unbranched alkanes of at least 4 members (excludes halogenated alkanes) is 5. The lowest BCUT2D eigenvalue weighted by atomic mass is 10.1. The number of hydrogen-bond acceptors (Lipinski definition) is 1. The monoisotopic (exact) mass is 308 g/mol. The molecule has 0 aromatic heterocycles. The van der Waals surface area contributed by atoms with Crippen molar-refractivity contribution in [2.75, 3.05) is 5.32 Å². The molecule has 0 fully saturated rings. The predicted octanol–water partition coefficient (Wildman–Crippen LogP) is 4.71. The molecule has 0 amide bonds. The number of nitrogens with one attached hydrogen (secondary N) is 1. The van der Waals surface area contributed by atoms with Gasteiger partial charge in [0.25, 0.3) is 0 Å². The van der Waals surface area contributed by atoms with Crippen LogP contribution < -0.4 is 15.7 Å². The first kappa shape index (κ1) is 15.4. The molecule has 2 heteroatoms. The number of benzene rings is 2. The van der Waals surface area contributed by atoms with Crippen molar-refractivity contribution in [1.82, 2.24) is 0 Å². The van der Waals surface area contributed by atoms with Gasteiger partial charge in [0.15, 0.2) is 0 Å². The van der Waals surface area contributed by atoms with Crippen molar-refractivity contribution < 1.29 is 0 Å². The van der Waals surface area contributed by atoms with E-state index in [0.717, 1.165) is 0 Å². The third-order valence-electron chi connectivity index (χ3n) is 4.55. The Morgan fingerprint density at radius 1 is 0.727 bits per heavy atom. The fourth-order valence-corrected chi connectivity index (χ4v) is 6.32. The van der Waals surface area contributed by atoms with Crippen LogP contribution in [-0.2, 0) is 0 Å². The summed E-state index contributed by atoms with van der Waals surface area (Å²) < 4.78 is 0. The zero-order valence-electron chi connectivity index (χ0n) is 13.6. The minimum atomic E-state index is -0.617. The molecule has 0 saturated carbocycles. The average molecular weight is 309 g/mol. The van der Waals surface area contributed by atoms with Gasteiger partial charge in [-0.15, -0.1) is 0 Å². The smallest absolute Gasteiger partial charge is 0.126 e. The fraction of sp³-hybridized carbons (Fsp3) is 0.400. The highest BCUT2D eigenvalue weighted by atomic mass is 28.3. The molecule has 2 aromatic rings. The maximum Gasteiger partial charge on any atom is 0.126 e. The first-order chi connectivity index (χ1) is 10.9. The summed E-state index contributed by atoms with van der Waals surface area (Å²) in [5.41, 5.74) is 2.67. The Hall–Kier alpha value is -1.54.